The maximum atomic E-state index is 12.5. The van der Waals surface area contributed by atoms with Crippen LogP contribution in [-0.2, 0) is 9.59 Å². The fourth-order valence-electron chi connectivity index (χ4n) is 2.99. The summed E-state index contributed by atoms with van der Waals surface area (Å²) < 4.78 is 5.53. The van der Waals surface area contributed by atoms with Gasteiger partial charge in [0.15, 0.2) is 6.10 Å². The molecular formula is C20H20N2O5. The topological polar surface area (TPSA) is 95.9 Å². The van der Waals surface area contributed by atoms with E-state index >= 15 is 0 Å². The van der Waals surface area contributed by atoms with Crippen LogP contribution in [0.15, 0.2) is 36.4 Å². The molecule has 1 unspecified atom stereocenters. The van der Waals surface area contributed by atoms with Gasteiger partial charge in [-0.05, 0) is 50.6 Å². The van der Waals surface area contributed by atoms with Gasteiger partial charge in [-0.2, -0.15) is 0 Å². The van der Waals surface area contributed by atoms with E-state index in [9.17, 15) is 19.5 Å². The summed E-state index contributed by atoms with van der Waals surface area (Å²) >= 11 is 0. The number of hydrogen-bond acceptors (Lipinski definition) is 4. The monoisotopic (exact) mass is 368 g/mol. The number of hydrogen-bond donors (Lipinski definition) is 2. The zero-order valence-corrected chi connectivity index (χ0v) is 15.3. The van der Waals surface area contributed by atoms with Gasteiger partial charge in [-0.25, -0.2) is 4.79 Å². The number of amides is 2. The number of aryl methyl sites for hydroxylation is 2. The van der Waals surface area contributed by atoms with Crippen LogP contribution in [0.4, 0.5) is 11.4 Å². The van der Waals surface area contributed by atoms with Gasteiger partial charge in [-0.15, -0.1) is 0 Å². The highest BCUT2D eigenvalue weighted by molar-refractivity contribution is 6.07. The highest BCUT2D eigenvalue weighted by Gasteiger charge is 2.33. The number of ether oxygens (including phenoxy) is 1. The predicted octanol–water partition coefficient (Wildman–Crippen LogP) is 2.75. The lowest BCUT2D eigenvalue weighted by molar-refractivity contribution is -0.127. The Balaban J connectivity index is 1.87. The minimum atomic E-state index is -1.12. The Morgan fingerprint density at radius 1 is 1.19 bits per heavy atom. The van der Waals surface area contributed by atoms with E-state index in [0.717, 1.165) is 11.1 Å². The van der Waals surface area contributed by atoms with Crippen molar-refractivity contribution in [3.63, 3.8) is 0 Å². The number of benzene rings is 2. The third-order valence-corrected chi connectivity index (χ3v) is 4.37. The van der Waals surface area contributed by atoms with E-state index in [1.807, 2.05) is 32.0 Å². The highest BCUT2D eigenvalue weighted by Crippen LogP contribution is 2.35. The Kier molecular flexibility index (Phi) is 4.85. The van der Waals surface area contributed by atoms with Gasteiger partial charge in [0.25, 0.3) is 5.91 Å². The van der Waals surface area contributed by atoms with Crippen molar-refractivity contribution in [1.29, 1.82) is 0 Å². The van der Waals surface area contributed by atoms with Crippen LogP contribution in [0.25, 0.3) is 0 Å². The summed E-state index contributed by atoms with van der Waals surface area (Å²) in [6.07, 6.45) is -0.762. The van der Waals surface area contributed by atoms with E-state index in [4.69, 9.17) is 4.74 Å². The number of nitrogens with zero attached hydrogens (tertiary/aromatic N) is 1. The maximum absolute atomic E-state index is 12.5. The van der Waals surface area contributed by atoms with Crippen LogP contribution < -0.4 is 15.0 Å². The number of aromatic carboxylic acids is 1. The molecule has 1 heterocycles. The standard InChI is InChI=1S/C20H20N2O5/c1-11-4-6-15(12(2)8-11)21-18(23)10-22-16-9-14(20(25)26)5-7-17(16)27-13(3)19(22)24/h4-9,13H,10H2,1-3H3,(H,21,23)(H,25,26). The van der Waals surface area contributed by atoms with Gasteiger partial charge in [-0.3, -0.25) is 14.5 Å². The number of carboxylic acids is 1. The summed E-state index contributed by atoms with van der Waals surface area (Å²) in [6, 6.07) is 9.88. The van der Waals surface area contributed by atoms with Crippen molar-refractivity contribution in [3.8, 4) is 5.75 Å². The predicted molar refractivity (Wildman–Crippen MR) is 100 cm³/mol. The summed E-state index contributed by atoms with van der Waals surface area (Å²) in [7, 11) is 0. The van der Waals surface area contributed by atoms with Crippen molar-refractivity contribution in [2.75, 3.05) is 16.8 Å². The summed E-state index contributed by atoms with van der Waals surface area (Å²) in [5, 5.41) is 12.0. The molecule has 0 radical (unpaired) electrons. The van der Waals surface area contributed by atoms with Crippen LogP contribution >= 0.6 is 0 Å². The number of anilines is 2. The van der Waals surface area contributed by atoms with Gasteiger partial charge in [0.1, 0.15) is 12.3 Å². The molecule has 0 bridgehead atoms. The van der Waals surface area contributed by atoms with E-state index in [-0.39, 0.29) is 23.7 Å². The van der Waals surface area contributed by atoms with E-state index in [2.05, 4.69) is 5.32 Å². The van der Waals surface area contributed by atoms with Gasteiger partial charge >= 0.3 is 5.97 Å². The van der Waals surface area contributed by atoms with Gasteiger partial charge in [0, 0.05) is 5.69 Å². The highest BCUT2D eigenvalue weighted by atomic mass is 16.5. The van der Waals surface area contributed by atoms with Crippen molar-refractivity contribution in [1.82, 2.24) is 0 Å². The van der Waals surface area contributed by atoms with Crippen LogP contribution in [0.1, 0.15) is 28.4 Å². The van der Waals surface area contributed by atoms with Gasteiger partial charge < -0.3 is 15.2 Å². The number of nitrogens with one attached hydrogen (secondary N) is 1. The lowest BCUT2D eigenvalue weighted by atomic mass is 10.1. The summed E-state index contributed by atoms with van der Waals surface area (Å²) in [5.74, 6) is -1.54. The first-order chi connectivity index (χ1) is 12.8. The number of rotatable bonds is 4. The molecule has 1 atom stereocenters. The molecule has 0 fully saturated rings. The zero-order chi connectivity index (χ0) is 19.7. The minimum absolute atomic E-state index is 0.0134. The molecule has 2 aromatic rings. The lowest BCUT2D eigenvalue weighted by Crippen LogP contribution is -2.47. The molecule has 0 saturated heterocycles. The zero-order valence-electron chi connectivity index (χ0n) is 15.3. The molecule has 7 heteroatoms. The van der Waals surface area contributed by atoms with Crippen LogP contribution in [0.2, 0.25) is 0 Å². The van der Waals surface area contributed by atoms with E-state index < -0.39 is 18.0 Å². The molecule has 3 rings (SSSR count). The van der Waals surface area contributed by atoms with Crippen molar-refractivity contribution < 1.29 is 24.2 Å². The lowest BCUT2D eigenvalue weighted by Gasteiger charge is -2.32. The molecule has 2 N–H and O–H groups in total. The smallest absolute Gasteiger partial charge is 0.335 e. The van der Waals surface area contributed by atoms with Crippen LogP contribution in [0.5, 0.6) is 5.75 Å². The summed E-state index contributed by atoms with van der Waals surface area (Å²) in [4.78, 5) is 37.6. The Bertz CT molecular complexity index is 938. The first-order valence-corrected chi connectivity index (χ1v) is 8.48. The molecule has 140 valence electrons. The van der Waals surface area contributed by atoms with Gasteiger partial charge in [-0.1, -0.05) is 17.7 Å². The second-order valence-corrected chi connectivity index (χ2v) is 6.54. The molecule has 1 aliphatic heterocycles. The van der Waals surface area contributed by atoms with Gasteiger partial charge in [0.05, 0.1) is 11.3 Å². The van der Waals surface area contributed by atoms with Crippen molar-refractivity contribution in [3.05, 3.63) is 53.1 Å². The van der Waals surface area contributed by atoms with Crippen molar-refractivity contribution in [2.45, 2.75) is 26.9 Å². The van der Waals surface area contributed by atoms with E-state index in [0.29, 0.717) is 11.4 Å². The molecule has 0 aromatic heterocycles. The first kappa shape index (κ1) is 18.4. The Morgan fingerprint density at radius 2 is 1.93 bits per heavy atom. The normalized spacial score (nSPS) is 15.7. The fourth-order valence-corrected chi connectivity index (χ4v) is 2.99. The SMILES string of the molecule is Cc1ccc(NC(=O)CN2C(=O)C(C)Oc3ccc(C(=O)O)cc32)c(C)c1. The van der Waals surface area contributed by atoms with Crippen LogP contribution in [0.3, 0.4) is 0 Å². The molecular weight excluding hydrogens is 348 g/mol. The second-order valence-electron chi connectivity index (χ2n) is 6.54. The fraction of sp³-hybridized carbons (Fsp3) is 0.250. The van der Waals surface area contributed by atoms with E-state index in [1.54, 1.807) is 6.92 Å². The quantitative estimate of drug-likeness (QED) is 0.865. The number of carboxylic acid groups (broad SMARTS) is 1. The van der Waals surface area contributed by atoms with Crippen molar-refractivity contribution >= 4 is 29.2 Å². The summed E-state index contributed by atoms with van der Waals surface area (Å²) in [5.41, 5.74) is 2.95. The third kappa shape index (κ3) is 3.76. The molecule has 27 heavy (non-hydrogen) atoms. The second kappa shape index (κ2) is 7.11. The Labute approximate surface area is 156 Å². The number of fused-ring (bicyclic) bond motifs is 1. The number of carbonyl (C=O) groups excluding carboxylic acids is 2. The molecule has 2 aromatic carbocycles. The van der Waals surface area contributed by atoms with Crippen LogP contribution in [0, 0.1) is 13.8 Å². The van der Waals surface area contributed by atoms with Crippen LogP contribution in [-0.4, -0.2) is 35.5 Å². The largest absolute Gasteiger partial charge is 0.479 e. The molecule has 0 saturated carbocycles. The molecule has 1 aliphatic rings. The Hall–Kier alpha value is -3.35. The van der Waals surface area contributed by atoms with E-state index in [1.165, 1.54) is 23.1 Å². The minimum Gasteiger partial charge on any atom is -0.479 e. The number of carbonyl (C=O) groups is 3. The summed E-state index contributed by atoms with van der Waals surface area (Å²) in [6.45, 7) is 5.20. The van der Waals surface area contributed by atoms with Crippen molar-refractivity contribution in [2.24, 2.45) is 0 Å². The molecule has 0 spiro atoms. The van der Waals surface area contributed by atoms with Gasteiger partial charge in [0.2, 0.25) is 5.91 Å². The third-order valence-electron chi connectivity index (χ3n) is 4.37. The maximum Gasteiger partial charge on any atom is 0.335 e. The average Bonchev–Trinajstić information content (AvgIpc) is 2.61. The molecule has 2 amide bonds. The Morgan fingerprint density at radius 3 is 2.59 bits per heavy atom. The average molecular weight is 368 g/mol. The molecule has 7 nitrogen and oxygen atoms in total. The molecule has 0 aliphatic carbocycles. The first-order valence-electron chi connectivity index (χ1n) is 8.48.